The molecule has 15 heavy (non-hydrogen) atoms. The van der Waals surface area contributed by atoms with Crippen LogP contribution in [0.2, 0.25) is 0 Å². The highest BCUT2D eigenvalue weighted by Gasteiger charge is 2.34. The molecule has 1 atom stereocenters. The second-order valence-corrected chi connectivity index (χ2v) is 5.41. The lowest BCUT2D eigenvalue weighted by atomic mass is 10.1. The summed E-state index contributed by atoms with van der Waals surface area (Å²) in [4.78, 5) is 8.47. The molecule has 0 unspecified atom stereocenters. The second-order valence-electron chi connectivity index (χ2n) is 4.40. The highest BCUT2D eigenvalue weighted by molar-refractivity contribution is 8.14. The molecule has 0 N–H and O–H groups in total. The number of hydrogen-bond acceptors (Lipinski definition) is 3. The molecule has 0 aromatic heterocycles. The van der Waals surface area contributed by atoms with E-state index in [0.717, 1.165) is 6.54 Å². The van der Waals surface area contributed by atoms with Crippen molar-refractivity contribution in [2.75, 3.05) is 11.4 Å². The van der Waals surface area contributed by atoms with Gasteiger partial charge in [-0.3, -0.25) is 4.99 Å². The van der Waals surface area contributed by atoms with Gasteiger partial charge in [0.25, 0.3) is 0 Å². The van der Waals surface area contributed by atoms with Crippen LogP contribution >= 0.6 is 11.8 Å². The predicted octanol–water partition coefficient (Wildman–Crippen LogP) is 2.99. The zero-order valence-corrected chi connectivity index (χ0v) is 9.79. The van der Waals surface area contributed by atoms with Gasteiger partial charge in [0.05, 0.1) is 11.7 Å². The van der Waals surface area contributed by atoms with E-state index >= 15 is 0 Å². The summed E-state index contributed by atoms with van der Waals surface area (Å²) in [5.74, 6) is 0.635. The molecular formula is C12H14N2S. The second kappa shape index (κ2) is 3.27. The topological polar surface area (TPSA) is 15.6 Å². The van der Waals surface area contributed by atoms with Crippen LogP contribution in [0.4, 0.5) is 5.69 Å². The number of anilines is 1. The molecule has 0 saturated carbocycles. The molecule has 1 aromatic carbocycles. The molecule has 0 amide bonds. The first-order valence-electron chi connectivity index (χ1n) is 5.38. The summed E-state index contributed by atoms with van der Waals surface area (Å²) in [5, 5.41) is 1.19. The van der Waals surface area contributed by atoms with Crippen molar-refractivity contribution in [2.24, 2.45) is 10.9 Å². The van der Waals surface area contributed by atoms with E-state index in [1.807, 2.05) is 0 Å². The first kappa shape index (κ1) is 9.28. The van der Waals surface area contributed by atoms with Crippen LogP contribution in [0.3, 0.4) is 0 Å². The van der Waals surface area contributed by atoms with E-state index in [2.05, 4.69) is 43.0 Å². The van der Waals surface area contributed by atoms with Crippen molar-refractivity contribution in [1.82, 2.24) is 0 Å². The van der Waals surface area contributed by atoms with Crippen LogP contribution in [-0.2, 0) is 0 Å². The van der Waals surface area contributed by atoms with Crippen molar-refractivity contribution >= 4 is 22.6 Å². The van der Waals surface area contributed by atoms with Crippen LogP contribution in [0.15, 0.2) is 34.2 Å². The lowest BCUT2D eigenvalue weighted by Gasteiger charge is -2.16. The highest BCUT2D eigenvalue weighted by Crippen LogP contribution is 2.43. The molecule has 0 bridgehead atoms. The third kappa shape index (κ3) is 1.37. The fourth-order valence-corrected chi connectivity index (χ4v) is 3.12. The molecule has 0 radical (unpaired) electrons. The van der Waals surface area contributed by atoms with Crippen LogP contribution in [0, 0.1) is 5.92 Å². The summed E-state index contributed by atoms with van der Waals surface area (Å²) in [7, 11) is 0. The molecular weight excluding hydrogens is 204 g/mol. The molecule has 0 aliphatic carbocycles. The quantitative estimate of drug-likeness (QED) is 0.720. The van der Waals surface area contributed by atoms with Gasteiger partial charge < -0.3 is 4.90 Å². The number of hydrogen-bond donors (Lipinski definition) is 0. The third-order valence-electron chi connectivity index (χ3n) is 3.00. The van der Waals surface area contributed by atoms with Gasteiger partial charge >= 0.3 is 0 Å². The molecule has 0 fully saturated rings. The van der Waals surface area contributed by atoms with E-state index in [0.29, 0.717) is 12.0 Å². The van der Waals surface area contributed by atoms with Gasteiger partial charge in [-0.1, -0.05) is 26.0 Å². The van der Waals surface area contributed by atoms with Gasteiger partial charge in [0.2, 0.25) is 0 Å². The molecule has 3 heteroatoms. The number of benzene rings is 1. The summed E-state index contributed by atoms with van der Waals surface area (Å²) >= 11 is 1.80. The summed E-state index contributed by atoms with van der Waals surface area (Å²) in [6, 6.07) is 9.03. The predicted molar refractivity (Wildman–Crippen MR) is 65.7 cm³/mol. The van der Waals surface area contributed by atoms with E-state index < -0.39 is 0 Å². The molecule has 3 rings (SSSR count). The Hall–Kier alpha value is -0.960. The van der Waals surface area contributed by atoms with Crippen molar-refractivity contribution in [3.05, 3.63) is 24.3 Å². The lowest BCUT2D eigenvalue weighted by Crippen LogP contribution is -2.26. The van der Waals surface area contributed by atoms with E-state index in [9.17, 15) is 0 Å². The smallest absolute Gasteiger partial charge is 0.169 e. The molecule has 78 valence electrons. The Morgan fingerprint density at radius 3 is 3.00 bits per heavy atom. The summed E-state index contributed by atoms with van der Waals surface area (Å²) < 4.78 is 0. The summed E-state index contributed by atoms with van der Waals surface area (Å²) in [5.41, 5.74) is 1.34. The van der Waals surface area contributed by atoms with Gasteiger partial charge in [0.15, 0.2) is 5.17 Å². The number of aliphatic imine (C=N–C) groups is 1. The van der Waals surface area contributed by atoms with E-state index in [-0.39, 0.29) is 0 Å². The normalized spacial score (nSPS) is 23.0. The highest BCUT2D eigenvalue weighted by atomic mass is 32.2. The number of fused-ring (bicyclic) bond motifs is 3. The number of thioether (sulfide) groups is 1. The molecule has 0 saturated heterocycles. The van der Waals surface area contributed by atoms with E-state index in [1.54, 1.807) is 11.8 Å². The van der Waals surface area contributed by atoms with Crippen LogP contribution in [0.1, 0.15) is 13.8 Å². The fraction of sp³-hybridized carbons (Fsp3) is 0.417. The Labute approximate surface area is 94.4 Å². The zero-order chi connectivity index (χ0) is 10.4. The van der Waals surface area contributed by atoms with E-state index in [1.165, 1.54) is 15.8 Å². The summed E-state index contributed by atoms with van der Waals surface area (Å²) in [6.07, 6.45) is 0. The number of rotatable bonds is 1. The lowest BCUT2D eigenvalue weighted by molar-refractivity contribution is 0.521. The molecule has 2 heterocycles. The molecule has 0 spiro atoms. The maximum absolute atomic E-state index is 4.77. The standard InChI is InChI=1S/C12H14N2S/c1-8(2)9-7-14-10-5-3-4-6-11(10)15-12(14)13-9/h3-6,8-9H,7H2,1-2H3/t9-/m1/s1. The van der Waals surface area contributed by atoms with Gasteiger partial charge in [0, 0.05) is 11.4 Å². The molecule has 2 nitrogen and oxygen atoms in total. The Morgan fingerprint density at radius 1 is 1.40 bits per heavy atom. The summed E-state index contributed by atoms with van der Waals surface area (Å²) in [6.45, 7) is 5.54. The zero-order valence-electron chi connectivity index (χ0n) is 8.97. The van der Waals surface area contributed by atoms with Crippen LogP contribution < -0.4 is 4.90 Å². The first-order valence-corrected chi connectivity index (χ1v) is 6.19. The maximum atomic E-state index is 4.77. The minimum absolute atomic E-state index is 0.473. The molecule has 2 aliphatic rings. The van der Waals surface area contributed by atoms with Gasteiger partial charge in [-0.2, -0.15) is 0 Å². The van der Waals surface area contributed by atoms with Crippen molar-refractivity contribution in [3.8, 4) is 0 Å². The number of nitrogens with zero attached hydrogens (tertiary/aromatic N) is 2. The minimum atomic E-state index is 0.473. The average molecular weight is 218 g/mol. The fourth-order valence-electron chi connectivity index (χ4n) is 2.03. The monoisotopic (exact) mass is 218 g/mol. The molecule has 1 aromatic rings. The van der Waals surface area contributed by atoms with Crippen molar-refractivity contribution < 1.29 is 0 Å². The Kier molecular flexibility index (Phi) is 2.02. The van der Waals surface area contributed by atoms with Crippen LogP contribution in [-0.4, -0.2) is 17.8 Å². The van der Waals surface area contributed by atoms with Crippen molar-refractivity contribution in [3.63, 3.8) is 0 Å². The van der Waals surface area contributed by atoms with Crippen LogP contribution in [0.5, 0.6) is 0 Å². The minimum Gasteiger partial charge on any atom is -0.318 e. The Morgan fingerprint density at radius 2 is 2.20 bits per heavy atom. The first-order chi connectivity index (χ1) is 7.25. The van der Waals surface area contributed by atoms with Crippen LogP contribution in [0.25, 0.3) is 0 Å². The largest absolute Gasteiger partial charge is 0.318 e. The van der Waals surface area contributed by atoms with Gasteiger partial charge in [-0.15, -0.1) is 0 Å². The van der Waals surface area contributed by atoms with E-state index in [4.69, 9.17) is 4.99 Å². The number of amidine groups is 1. The van der Waals surface area contributed by atoms with Gasteiger partial charge in [0.1, 0.15) is 0 Å². The van der Waals surface area contributed by atoms with Crippen molar-refractivity contribution in [1.29, 1.82) is 0 Å². The Balaban J connectivity index is 1.95. The SMILES string of the molecule is CC(C)[C@H]1CN2C(=N1)Sc1ccccc12. The third-order valence-corrected chi connectivity index (χ3v) is 4.08. The van der Waals surface area contributed by atoms with Crippen molar-refractivity contribution in [2.45, 2.75) is 24.8 Å². The Bertz CT molecular complexity index is 425. The van der Waals surface area contributed by atoms with Gasteiger partial charge in [-0.05, 0) is 29.8 Å². The molecule has 2 aliphatic heterocycles. The maximum Gasteiger partial charge on any atom is 0.169 e. The number of para-hydroxylation sites is 1. The average Bonchev–Trinajstić information content (AvgIpc) is 2.73. The van der Waals surface area contributed by atoms with Gasteiger partial charge in [-0.25, -0.2) is 0 Å².